The van der Waals surface area contributed by atoms with E-state index in [4.69, 9.17) is 9.47 Å². The summed E-state index contributed by atoms with van der Waals surface area (Å²) in [5, 5.41) is 0. The number of nitrogens with zero attached hydrogens (tertiary/aromatic N) is 3. The number of anilines is 1. The van der Waals surface area contributed by atoms with E-state index in [1.54, 1.807) is 0 Å². The predicted molar refractivity (Wildman–Crippen MR) is 124 cm³/mol. The van der Waals surface area contributed by atoms with Gasteiger partial charge in [0.15, 0.2) is 0 Å². The van der Waals surface area contributed by atoms with Crippen LogP contribution in [0.15, 0.2) is 42.6 Å². The fourth-order valence-electron chi connectivity index (χ4n) is 5.27. The molecule has 3 aliphatic heterocycles. The van der Waals surface area contributed by atoms with Gasteiger partial charge in [-0.3, -0.25) is 4.79 Å². The summed E-state index contributed by atoms with van der Waals surface area (Å²) in [5.41, 5.74) is 2.49. The molecule has 1 aromatic carbocycles. The summed E-state index contributed by atoms with van der Waals surface area (Å²) >= 11 is 0. The summed E-state index contributed by atoms with van der Waals surface area (Å²) in [4.78, 5) is 21.8. The van der Waals surface area contributed by atoms with Crippen molar-refractivity contribution >= 4 is 11.6 Å². The minimum Gasteiger partial charge on any atom is -0.487 e. The number of aromatic nitrogens is 1. The molecule has 3 aliphatic rings. The summed E-state index contributed by atoms with van der Waals surface area (Å²) < 4.78 is 12.8. The van der Waals surface area contributed by atoms with Crippen molar-refractivity contribution in [1.82, 2.24) is 9.88 Å². The molecule has 0 bridgehead atoms. The second-order valence-electron chi connectivity index (χ2n) is 9.59. The normalized spacial score (nSPS) is 22.2. The first-order valence-corrected chi connectivity index (χ1v) is 12.0. The van der Waals surface area contributed by atoms with Crippen LogP contribution in [0, 0.1) is 0 Å². The van der Waals surface area contributed by atoms with Gasteiger partial charge < -0.3 is 19.3 Å². The molecule has 0 aliphatic carbocycles. The van der Waals surface area contributed by atoms with Crippen molar-refractivity contribution in [2.75, 3.05) is 31.1 Å². The number of para-hydroxylation sites is 1. The minimum atomic E-state index is -0.280. The Hall–Kier alpha value is -2.60. The fraction of sp³-hybridized carbons (Fsp3) is 0.538. The molecule has 5 rings (SSSR count). The van der Waals surface area contributed by atoms with Crippen molar-refractivity contribution in [2.45, 2.75) is 63.8 Å². The van der Waals surface area contributed by atoms with Crippen molar-refractivity contribution in [1.29, 1.82) is 0 Å². The van der Waals surface area contributed by atoms with Crippen LogP contribution in [0.2, 0.25) is 0 Å². The van der Waals surface area contributed by atoms with Gasteiger partial charge in [-0.25, -0.2) is 4.98 Å². The molecular formula is C26H33N3O3. The zero-order chi connectivity index (χ0) is 22.1. The molecule has 2 fully saturated rings. The maximum Gasteiger partial charge on any atom is 0.272 e. The number of piperidine rings is 1. The smallest absolute Gasteiger partial charge is 0.272 e. The minimum absolute atomic E-state index is 0.0130. The highest BCUT2D eigenvalue weighted by Crippen LogP contribution is 2.46. The molecule has 1 atom stereocenters. The topological polar surface area (TPSA) is 54.9 Å². The molecule has 170 valence electrons. The van der Waals surface area contributed by atoms with Gasteiger partial charge in [0.2, 0.25) is 0 Å². The van der Waals surface area contributed by atoms with Crippen molar-refractivity contribution in [3.8, 4) is 5.75 Å². The Labute approximate surface area is 190 Å². The molecule has 1 spiro atoms. The van der Waals surface area contributed by atoms with E-state index in [0.717, 1.165) is 49.4 Å². The summed E-state index contributed by atoms with van der Waals surface area (Å²) in [5.74, 6) is 0.933. The molecule has 2 aromatic rings. The number of carbonyl (C=O) groups excluding carboxylic acids is 1. The number of benzene rings is 1. The van der Waals surface area contributed by atoms with Crippen LogP contribution >= 0.6 is 0 Å². The zero-order valence-corrected chi connectivity index (χ0v) is 19.1. The maximum absolute atomic E-state index is 13.1. The van der Waals surface area contributed by atoms with E-state index >= 15 is 0 Å². The number of rotatable bonds is 4. The summed E-state index contributed by atoms with van der Waals surface area (Å²) in [6.07, 6.45) is 6.92. The van der Waals surface area contributed by atoms with E-state index in [2.05, 4.69) is 29.8 Å². The van der Waals surface area contributed by atoms with E-state index in [9.17, 15) is 4.79 Å². The van der Waals surface area contributed by atoms with Gasteiger partial charge in [0.25, 0.3) is 5.91 Å². The third-order valence-electron chi connectivity index (χ3n) is 6.99. The van der Waals surface area contributed by atoms with Crippen LogP contribution < -0.4 is 9.64 Å². The lowest BCUT2D eigenvalue weighted by atomic mass is 9.81. The predicted octanol–water partition coefficient (Wildman–Crippen LogP) is 4.61. The van der Waals surface area contributed by atoms with Crippen LogP contribution in [0.3, 0.4) is 0 Å². The Kier molecular flexibility index (Phi) is 5.80. The quantitative estimate of drug-likeness (QED) is 0.702. The van der Waals surface area contributed by atoms with Crippen LogP contribution in [0.25, 0.3) is 0 Å². The highest BCUT2D eigenvalue weighted by atomic mass is 16.5. The van der Waals surface area contributed by atoms with E-state index in [0.29, 0.717) is 18.8 Å². The molecule has 32 heavy (non-hydrogen) atoms. The van der Waals surface area contributed by atoms with E-state index < -0.39 is 0 Å². The van der Waals surface area contributed by atoms with Gasteiger partial charge in [-0.2, -0.15) is 0 Å². The average Bonchev–Trinajstić information content (AvgIpc) is 3.34. The standard InChI is InChI=1S/C26H33N3O3/c1-19(2)31-24-17-26(32-23-8-4-3-7-21(23)24)11-15-29(16-12-26)25(30)22-10-9-20(18-27-22)28-13-5-6-14-28/h3-4,7-10,18-19,24H,5-6,11-17H2,1-2H3/t24-/m1/s1. The van der Waals surface area contributed by atoms with E-state index in [1.165, 1.54) is 12.8 Å². The van der Waals surface area contributed by atoms with Crippen LogP contribution in [0.5, 0.6) is 5.75 Å². The Morgan fingerprint density at radius 2 is 1.84 bits per heavy atom. The van der Waals surface area contributed by atoms with Gasteiger partial charge in [0.05, 0.1) is 24.1 Å². The molecule has 4 heterocycles. The molecule has 1 amide bonds. The largest absolute Gasteiger partial charge is 0.487 e. The molecule has 2 saturated heterocycles. The van der Waals surface area contributed by atoms with Crippen molar-refractivity contribution in [3.05, 3.63) is 53.9 Å². The summed E-state index contributed by atoms with van der Waals surface area (Å²) in [6.45, 7) is 7.65. The Morgan fingerprint density at radius 1 is 1.09 bits per heavy atom. The SMILES string of the molecule is CC(C)O[C@@H]1CC2(CCN(C(=O)c3ccc(N4CCCC4)cn3)CC2)Oc2ccccc21. The molecule has 0 unspecified atom stereocenters. The van der Waals surface area contributed by atoms with Crippen molar-refractivity contribution in [3.63, 3.8) is 0 Å². The molecule has 6 heteroatoms. The van der Waals surface area contributed by atoms with Gasteiger partial charge in [0, 0.05) is 51.0 Å². The van der Waals surface area contributed by atoms with Crippen molar-refractivity contribution < 1.29 is 14.3 Å². The third-order valence-corrected chi connectivity index (χ3v) is 6.99. The van der Waals surface area contributed by atoms with Gasteiger partial charge in [-0.1, -0.05) is 18.2 Å². The Morgan fingerprint density at radius 3 is 2.53 bits per heavy atom. The number of pyridine rings is 1. The molecule has 1 aromatic heterocycles. The van der Waals surface area contributed by atoms with Gasteiger partial charge in [0.1, 0.15) is 17.0 Å². The lowest BCUT2D eigenvalue weighted by molar-refractivity contribution is -0.0872. The van der Waals surface area contributed by atoms with E-state index in [-0.39, 0.29) is 23.7 Å². The van der Waals surface area contributed by atoms with Crippen LogP contribution in [-0.2, 0) is 4.74 Å². The molecular weight excluding hydrogens is 402 g/mol. The van der Waals surface area contributed by atoms with Crippen LogP contribution in [0.1, 0.15) is 68.1 Å². The summed E-state index contributed by atoms with van der Waals surface area (Å²) in [6, 6.07) is 12.1. The molecule has 0 radical (unpaired) electrons. The fourth-order valence-corrected chi connectivity index (χ4v) is 5.27. The number of ether oxygens (including phenoxy) is 2. The first-order chi connectivity index (χ1) is 15.5. The molecule has 0 saturated carbocycles. The number of carbonyl (C=O) groups is 1. The zero-order valence-electron chi connectivity index (χ0n) is 19.1. The number of amides is 1. The first-order valence-electron chi connectivity index (χ1n) is 12.0. The highest BCUT2D eigenvalue weighted by molar-refractivity contribution is 5.92. The van der Waals surface area contributed by atoms with Crippen LogP contribution in [0.4, 0.5) is 5.69 Å². The second kappa shape index (κ2) is 8.74. The third kappa shape index (κ3) is 4.20. The maximum atomic E-state index is 13.1. The molecule has 6 nitrogen and oxygen atoms in total. The lowest BCUT2D eigenvalue weighted by Gasteiger charge is -2.47. The number of fused-ring (bicyclic) bond motifs is 1. The van der Waals surface area contributed by atoms with Gasteiger partial charge in [-0.05, 0) is 44.9 Å². The first kappa shape index (κ1) is 21.3. The van der Waals surface area contributed by atoms with Crippen LogP contribution in [-0.4, -0.2) is 53.7 Å². The Bertz CT molecular complexity index is 945. The number of hydrogen-bond acceptors (Lipinski definition) is 5. The van der Waals surface area contributed by atoms with Gasteiger partial charge in [-0.15, -0.1) is 0 Å². The highest BCUT2D eigenvalue weighted by Gasteiger charge is 2.44. The second-order valence-corrected chi connectivity index (χ2v) is 9.59. The Balaban J connectivity index is 1.26. The monoisotopic (exact) mass is 435 g/mol. The van der Waals surface area contributed by atoms with Gasteiger partial charge >= 0.3 is 0 Å². The lowest BCUT2D eigenvalue weighted by Crippen LogP contribution is -2.52. The number of likely N-dealkylation sites (tertiary alicyclic amines) is 1. The van der Waals surface area contributed by atoms with E-state index in [1.807, 2.05) is 41.4 Å². The summed E-state index contributed by atoms with van der Waals surface area (Å²) in [7, 11) is 0. The molecule has 0 N–H and O–H groups in total. The van der Waals surface area contributed by atoms with Crippen molar-refractivity contribution in [2.24, 2.45) is 0 Å². The number of hydrogen-bond donors (Lipinski definition) is 0. The average molecular weight is 436 g/mol.